The molecular formula is C16H18NO+. The summed E-state index contributed by atoms with van der Waals surface area (Å²) in [6, 6.07) is 13.3. The van der Waals surface area contributed by atoms with E-state index in [2.05, 4.69) is 43.0 Å². The van der Waals surface area contributed by atoms with Gasteiger partial charge in [0.05, 0.1) is 6.26 Å². The molecular weight excluding hydrogens is 222 g/mol. The van der Waals surface area contributed by atoms with Crippen molar-refractivity contribution in [2.24, 2.45) is 0 Å². The Labute approximate surface area is 107 Å². The van der Waals surface area contributed by atoms with E-state index < -0.39 is 0 Å². The Hall–Kier alpha value is -1.80. The lowest BCUT2D eigenvalue weighted by Crippen LogP contribution is -3.08. The Bertz CT molecular complexity index is 532. The average Bonchev–Trinajstić information content (AvgIpc) is 2.77. The van der Waals surface area contributed by atoms with Gasteiger partial charge in [-0.3, -0.25) is 0 Å². The SMILES string of the molecule is C=COCC[NH+]1Cc2cc3ccccc3cc2C1. The maximum Gasteiger partial charge on any atom is 0.136 e. The van der Waals surface area contributed by atoms with Gasteiger partial charge in [-0.1, -0.05) is 30.8 Å². The molecule has 0 aromatic heterocycles. The average molecular weight is 240 g/mol. The lowest BCUT2D eigenvalue weighted by atomic mass is 10.0. The quantitative estimate of drug-likeness (QED) is 0.636. The first-order valence-electron chi connectivity index (χ1n) is 6.43. The van der Waals surface area contributed by atoms with E-state index in [0.29, 0.717) is 0 Å². The summed E-state index contributed by atoms with van der Waals surface area (Å²) in [6.07, 6.45) is 1.52. The number of quaternary nitrogens is 1. The second-order valence-corrected chi connectivity index (χ2v) is 4.86. The van der Waals surface area contributed by atoms with E-state index in [1.165, 1.54) is 28.2 Å². The van der Waals surface area contributed by atoms with E-state index in [4.69, 9.17) is 4.74 Å². The van der Waals surface area contributed by atoms with Gasteiger partial charge in [-0.15, -0.1) is 0 Å². The van der Waals surface area contributed by atoms with Gasteiger partial charge in [-0.05, 0) is 22.9 Å². The molecule has 0 bridgehead atoms. The zero-order chi connectivity index (χ0) is 12.4. The molecule has 0 aliphatic carbocycles. The molecule has 2 nitrogen and oxygen atoms in total. The summed E-state index contributed by atoms with van der Waals surface area (Å²) in [7, 11) is 0. The van der Waals surface area contributed by atoms with Crippen molar-refractivity contribution >= 4 is 10.8 Å². The monoisotopic (exact) mass is 240 g/mol. The highest BCUT2D eigenvalue weighted by Gasteiger charge is 2.22. The highest BCUT2D eigenvalue weighted by Crippen LogP contribution is 2.21. The van der Waals surface area contributed by atoms with E-state index in [1.54, 1.807) is 4.90 Å². The fourth-order valence-electron chi connectivity index (χ4n) is 2.73. The number of ether oxygens (including phenoxy) is 1. The second-order valence-electron chi connectivity index (χ2n) is 4.86. The van der Waals surface area contributed by atoms with Crippen molar-refractivity contribution in [1.82, 2.24) is 0 Å². The van der Waals surface area contributed by atoms with Crippen molar-refractivity contribution in [3.63, 3.8) is 0 Å². The molecule has 0 unspecified atom stereocenters. The van der Waals surface area contributed by atoms with Crippen LogP contribution < -0.4 is 4.90 Å². The Balaban J connectivity index is 1.80. The summed E-state index contributed by atoms with van der Waals surface area (Å²) >= 11 is 0. The molecule has 1 heterocycles. The molecule has 3 rings (SSSR count). The van der Waals surface area contributed by atoms with Gasteiger partial charge in [0.2, 0.25) is 0 Å². The zero-order valence-corrected chi connectivity index (χ0v) is 10.5. The smallest absolute Gasteiger partial charge is 0.136 e. The number of fused-ring (bicyclic) bond motifs is 2. The molecule has 0 spiro atoms. The predicted molar refractivity (Wildman–Crippen MR) is 73.3 cm³/mol. The van der Waals surface area contributed by atoms with Gasteiger partial charge in [0.25, 0.3) is 0 Å². The molecule has 18 heavy (non-hydrogen) atoms. The van der Waals surface area contributed by atoms with Crippen molar-refractivity contribution in [3.05, 3.63) is 60.4 Å². The Morgan fingerprint density at radius 3 is 2.28 bits per heavy atom. The van der Waals surface area contributed by atoms with E-state index in [9.17, 15) is 0 Å². The summed E-state index contributed by atoms with van der Waals surface area (Å²) in [5.41, 5.74) is 2.98. The molecule has 2 aromatic carbocycles. The molecule has 0 radical (unpaired) electrons. The van der Waals surface area contributed by atoms with Crippen LogP contribution >= 0.6 is 0 Å². The Morgan fingerprint density at radius 1 is 1.11 bits per heavy atom. The molecule has 0 saturated carbocycles. The molecule has 2 heteroatoms. The number of benzene rings is 2. The first kappa shape index (κ1) is 11.3. The van der Waals surface area contributed by atoms with Gasteiger partial charge in [-0.2, -0.15) is 0 Å². The predicted octanol–water partition coefficient (Wildman–Crippen LogP) is 1.90. The van der Waals surface area contributed by atoms with Crippen LogP contribution in [0.3, 0.4) is 0 Å². The highest BCUT2D eigenvalue weighted by atomic mass is 16.5. The van der Waals surface area contributed by atoms with E-state index in [0.717, 1.165) is 26.2 Å². The standard InChI is InChI=1S/C16H17NO/c1-2-18-8-7-17-11-15-9-13-5-3-4-6-14(13)10-16(15)12-17/h2-6,9-10H,1,7-8,11-12H2/p+1. The van der Waals surface area contributed by atoms with Crippen molar-refractivity contribution in [2.45, 2.75) is 13.1 Å². The van der Waals surface area contributed by atoms with Crippen molar-refractivity contribution in [2.75, 3.05) is 13.2 Å². The van der Waals surface area contributed by atoms with Gasteiger partial charge in [0, 0.05) is 11.1 Å². The zero-order valence-electron chi connectivity index (χ0n) is 10.5. The maximum atomic E-state index is 5.21. The minimum atomic E-state index is 0.756. The van der Waals surface area contributed by atoms with Crippen molar-refractivity contribution in [1.29, 1.82) is 0 Å². The molecule has 1 N–H and O–H groups in total. The molecule has 1 aliphatic rings. The molecule has 1 aliphatic heterocycles. The normalized spacial score (nSPS) is 14.7. The van der Waals surface area contributed by atoms with Crippen LogP contribution in [0.25, 0.3) is 10.8 Å². The number of hydrogen-bond acceptors (Lipinski definition) is 1. The molecule has 0 fully saturated rings. The van der Waals surface area contributed by atoms with E-state index in [1.807, 2.05) is 0 Å². The van der Waals surface area contributed by atoms with Gasteiger partial charge < -0.3 is 9.64 Å². The highest BCUT2D eigenvalue weighted by molar-refractivity contribution is 5.84. The number of rotatable bonds is 4. The van der Waals surface area contributed by atoms with Crippen LogP contribution in [0.1, 0.15) is 11.1 Å². The van der Waals surface area contributed by atoms with Gasteiger partial charge in [0.1, 0.15) is 26.2 Å². The van der Waals surface area contributed by atoms with Crippen LogP contribution in [0.5, 0.6) is 0 Å². The van der Waals surface area contributed by atoms with E-state index >= 15 is 0 Å². The Kier molecular flexibility index (Phi) is 3.03. The molecule has 0 atom stereocenters. The van der Waals surface area contributed by atoms with Crippen LogP contribution in [0.15, 0.2) is 49.2 Å². The third-order valence-corrected chi connectivity index (χ3v) is 3.64. The van der Waals surface area contributed by atoms with Gasteiger partial charge in [-0.25, -0.2) is 0 Å². The minimum absolute atomic E-state index is 0.756. The maximum absolute atomic E-state index is 5.21. The lowest BCUT2D eigenvalue weighted by molar-refractivity contribution is -0.920. The molecule has 0 amide bonds. The summed E-state index contributed by atoms with van der Waals surface area (Å²) in [5, 5.41) is 2.69. The summed E-state index contributed by atoms with van der Waals surface area (Å²) < 4.78 is 5.21. The Morgan fingerprint density at radius 2 is 1.72 bits per heavy atom. The van der Waals surface area contributed by atoms with Crippen LogP contribution in [0.4, 0.5) is 0 Å². The summed E-state index contributed by atoms with van der Waals surface area (Å²) in [5.74, 6) is 0. The van der Waals surface area contributed by atoms with Crippen LogP contribution in [-0.2, 0) is 17.8 Å². The first-order valence-corrected chi connectivity index (χ1v) is 6.43. The minimum Gasteiger partial charge on any atom is -0.496 e. The number of nitrogens with one attached hydrogen (secondary N) is 1. The van der Waals surface area contributed by atoms with Crippen LogP contribution in [0.2, 0.25) is 0 Å². The largest absolute Gasteiger partial charge is 0.496 e. The molecule has 0 saturated heterocycles. The van der Waals surface area contributed by atoms with Crippen LogP contribution in [-0.4, -0.2) is 13.2 Å². The van der Waals surface area contributed by atoms with Crippen LogP contribution in [0, 0.1) is 0 Å². The third kappa shape index (κ3) is 2.12. The fraction of sp³-hybridized carbons (Fsp3) is 0.250. The number of hydrogen-bond donors (Lipinski definition) is 1. The van der Waals surface area contributed by atoms with Crippen molar-refractivity contribution in [3.8, 4) is 0 Å². The summed E-state index contributed by atoms with van der Waals surface area (Å²) in [4.78, 5) is 1.57. The van der Waals surface area contributed by atoms with E-state index in [-0.39, 0.29) is 0 Å². The van der Waals surface area contributed by atoms with Gasteiger partial charge >= 0.3 is 0 Å². The third-order valence-electron chi connectivity index (χ3n) is 3.64. The van der Waals surface area contributed by atoms with Crippen molar-refractivity contribution < 1.29 is 9.64 Å². The molecule has 2 aromatic rings. The van der Waals surface area contributed by atoms with Gasteiger partial charge in [0.15, 0.2) is 0 Å². The summed E-state index contributed by atoms with van der Waals surface area (Å²) in [6.45, 7) is 7.59. The second kappa shape index (κ2) is 4.83. The first-order chi connectivity index (χ1) is 8.86. The lowest BCUT2D eigenvalue weighted by Gasteiger charge is -2.10. The molecule has 92 valence electrons. The topological polar surface area (TPSA) is 13.7 Å². The fourth-order valence-corrected chi connectivity index (χ4v) is 2.73.